The van der Waals surface area contributed by atoms with Crippen LogP contribution in [0.25, 0.3) is 11.3 Å². The van der Waals surface area contributed by atoms with Gasteiger partial charge in [-0.15, -0.1) is 0 Å². The molecule has 1 aliphatic heterocycles. The van der Waals surface area contributed by atoms with Crippen LogP contribution < -0.4 is 10.1 Å². The number of aryl methyl sites for hydroxylation is 1. The Labute approximate surface area is 233 Å². The van der Waals surface area contributed by atoms with Gasteiger partial charge in [-0.05, 0) is 42.5 Å². The summed E-state index contributed by atoms with van der Waals surface area (Å²) in [5.74, 6) is -5.68. The van der Waals surface area contributed by atoms with Crippen molar-refractivity contribution in [3.05, 3.63) is 65.9 Å². The van der Waals surface area contributed by atoms with Gasteiger partial charge in [0.1, 0.15) is 12.4 Å². The number of carboxylic acid groups (broad SMARTS) is 1. The number of rotatable bonds is 7. The lowest BCUT2D eigenvalue weighted by Gasteiger charge is -2.18. The molecular formula is C26H24F8N4O4. The average molecular weight is 608 g/mol. The molecule has 42 heavy (non-hydrogen) atoms. The molecule has 0 saturated carbocycles. The van der Waals surface area contributed by atoms with E-state index in [2.05, 4.69) is 10.4 Å². The Morgan fingerprint density at radius 2 is 1.76 bits per heavy atom. The topological polar surface area (TPSA) is 96.7 Å². The van der Waals surface area contributed by atoms with Crippen LogP contribution in [0, 0.1) is 0 Å². The van der Waals surface area contributed by atoms with E-state index in [9.17, 15) is 39.9 Å². The number of benzene rings is 2. The lowest BCUT2D eigenvalue weighted by molar-refractivity contribution is -0.192. The highest BCUT2D eigenvalue weighted by atomic mass is 19.4. The number of nitrogens with zero attached hydrogens (tertiary/aromatic N) is 3. The maximum Gasteiger partial charge on any atom is 0.490 e. The molecule has 1 aromatic heterocycles. The van der Waals surface area contributed by atoms with Gasteiger partial charge in [-0.25, -0.2) is 13.6 Å². The van der Waals surface area contributed by atoms with Crippen molar-refractivity contribution in [3.8, 4) is 17.0 Å². The van der Waals surface area contributed by atoms with Gasteiger partial charge in [0, 0.05) is 49.6 Å². The number of carbonyl (C=O) groups excluding carboxylic acids is 1. The van der Waals surface area contributed by atoms with Crippen molar-refractivity contribution in [2.75, 3.05) is 31.6 Å². The monoisotopic (exact) mass is 608 g/mol. The van der Waals surface area contributed by atoms with Crippen molar-refractivity contribution in [1.82, 2.24) is 14.7 Å². The second-order valence-corrected chi connectivity index (χ2v) is 9.12. The van der Waals surface area contributed by atoms with Crippen LogP contribution in [-0.4, -0.2) is 70.0 Å². The van der Waals surface area contributed by atoms with Crippen LogP contribution in [0.15, 0.2) is 54.7 Å². The Kier molecular flexibility index (Phi) is 9.81. The molecule has 1 aliphatic rings. The quantitative estimate of drug-likeness (QED) is 0.334. The van der Waals surface area contributed by atoms with Crippen LogP contribution in [0.3, 0.4) is 0 Å². The number of amides is 1. The number of hydrogen-bond donors (Lipinski definition) is 2. The van der Waals surface area contributed by atoms with E-state index in [1.54, 1.807) is 47.1 Å². The number of hydrogen-bond acceptors (Lipinski definition) is 5. The zero-order valence-electron chi connectivity index (χ0n) is 21.8. The summed E-state index contributed by atoms with van der Waals surface area (Å²) in [4.78, 5) is 23.1. The smallest absolute Gasteiger partial charge is 0.490 e. The summed E-state index contributed by atoms with van der Waals surface area (Å²) in [5, 5.41) is 13.9. The Morgan fingerprint density at radius 1 is 1.07 bits per heavy atom. The van der Waals surface area contributed by atoms with Crippen LogP contribution >= 0.6 is 0 Å². The molecule has 1 saturated heterocycles. The average Bonchev–Trinajstić information content (AvgIpc) is 3.48. The van der Waals surface area contributed by atoms with Crippen molar-refractivity contribution in [3.63, 3.8) is 0 Å². The SMILES string of the molecule is Cn1nccc1-c1cc(NC(=O)c2cccc(C(F)(F)F)c2)ccc1OCCN1CCC(F)(F)C1.O=C(O)C(F)(F)F. The summed E-state index contributed by atoms with van der Waals surface area (Å²) >= 11 is 0. The van der Waals surface area contributed by atoms with Crippen LogP contribution in [0.1, 0.15) is 22.3 Å². The molecule has 4 rings (SSSR count). The molecule has 2 heterocycles. The van der Waals surface area contributed by atoms with Crippen LogP contribution in [0.2, 0.25) is 0 Å². The van der Waals surface area contributed by atoms with E-state index < -0.39 is 35.7 Å². The number of likely N-dealkylation sites (tertiary alicyclic amines) is 1. The third-order valence-corrected chi connectivity index (χ3v) is 5.94. The first-order valence-electron chi connectivity index (χ1n) is 12.1. The van der Waals surface area contributed by atoms with Gasteiger partial charge in [0.05, 0.1) is 17.8 Å². The number of anilines is 1. The highest BCUT2D eigenvalue weighted by Crippen LogP contribution is 2.34. The minimum absolute atomic E-state index is 0.135. The number of carbonyl (C=O) groups is 2. The maximum atomic E-state index is 13.4. The van der Waals surface area contributed by atoms with Gasteiger partial charge >= 0.3 is 18.3 Å². The molecule has 0 spiro atoms. The fraction of sp³-hybridized carbons (Fsp3) is 0.346. The third-order valence-electron chi connectivity index (χ3n) is 5.94. The van der Waals surface area contributed by atoms with Crippen molar-refractivity contribution in [1.29, 1.82) is 0 Å². The van der Waals surface area contributed by atoms with Crippen molar-refractivity contribution >= 4 is 17.6 Å². The minimum atomic E-state index is -5.08. The summed E-state index contributed by atoms with van der Waals surface area (Å²) in [5.41, 5.74) is 0.543. The molecule has 1 fully saturated rings. The number of halogens is 8. The standard InChI is InChI=1S/C24H23F5N4O2.C2HF3O2/c1-32-20(7-9-30-32)19-14-18(31-22(34)16-3-2-4-17(13-16)24(27,28)29)5-6-21(19)35-12-11-33-10-8-23(25,26)15-33;3-2(4,5)1(6)7/h2-7,9,13-14H,8,10-12,15H2,1H3,(H,31,34);(H,6,7). The number of aromatic nitrogens is 2. The Hall–Kier alpha value is -4.21. The number of nitrogens with one attached hydrogen (secondary N) is 1. The van der Waals surface area contributed by atoms with E-state index in [-0.39, 0.29) is 25.1 Å². The Morgan fingerprint density at radius 3 is 2.31 bits per heavy atom. The zero-order chi connectivity index (χ0) is 31.3. The lowest BCUT2D eigenvalue weighted by atomic mass is 10.1. The second-order valence-electron chi connectivity index (χ2n) is 9.12. The summed E-state index contributed by atoms with van der Waals surface area (Å²) in [6.45, 7) is 0.502. The molecule has 1 amide bonds. The molecule has 0 radical (unpaired) electrons. The van der Waals surface area contributed by atoms with Crippen LogP contribution in [0.4, 0.5) is 40.8 Å². The van der Waals surface area contributed by atoms with E-state index in [1.165, 1.54) is 12.1 Å². The molecular weight excluding hydrogens is 584 g/mol. The van der Waals surface area contributed by atoms with Crippen LogP contribution in [-0.2, 0) is 18.0 Å². The van der Waals surface area contributed by atoms with Gasteiger partial charge in [0.25, 0.3) is 11.8 Å². The first-order valence-corrected chi connectivity index (χ1v) is 12.1. The molecule has 0 aliphatic carbocycles. The molecule has 0 unspecified atom stereocenters. The molecule has 2 aromatic carbocycles. The summed E-state index contributed by atoms with van der Waals surface area (Å²) in [6, 6.07) is 10.7. The predicted octanol–water partition coefficient (Wildman–Crippen LogP) is 5.71. The fourth-order valence-electron chi connectivity index (χ4n) is 3.89. The van der Waals surface area contributed by atoms with Crippen LogP contribution in [0.5, 0.6) is 5.75 Å². The number of ether oxygens (including phenoxy) is 1. The normalized spacial score (nSPS) is 15.1. The third kappa shape index (κ3) is 8.89. The van der Waals surface area contributed by atoms with Crippen molar-refractivity contribution in [2.24, 2.45) is 7.05 Å². The van der Waals surface area contributed by atoms with Gasteiger partial charge in [-0.2, -0.15) is 31.4 Å². The largest absolute Gasteiger partial charge is 0.492 e. The molecule has 16 heteroatoms. The number of carboxylic acids is 1. The molecule has 3 aromatic rings. The van der Waals surface area contributed by atoms with Gasteiger partial charge in [-0.1, -0.05) is 6.07 Å². The number of aliphatic carboxylic acids is 1. The van der Waals surface area contributed by atoms with E-state index in [1.807, 2.05) is 0 Å². The lowest BCUT2D eigenvalue weighted by Crippen LogP contribution is -2.29. The van der Waals surface area contributed by atoms with E-state index in [0.717, 1.165) is 12.1 Å². The Bertz CT molecular complexity index is 1410. The zero-order valence-corrected chi connectivity index (χ0v) is 21.8. The summed E-state index contributed by atoms with van der Waals surface area (Å²) < 4.78 is 105. The fourth-order valence-corrected chi connectivity index (χ4v) is 3.89. The van der Waals surface area contributed by atoms with Crippen molar-refractivity contribution in [2.45, 2.75) is 24.7 Å². The highest BCUT2D eigenvalue weighted by molar-refractivity contribution is 6.04. The van der Waals surface area contributed by atoms with E-state index >= 15 is 0 Å². The first kappa shape index (κ1) is 32.3. The summed E-state index contributed by atoms with van der Waals surface area (Å²) in [6.07, 6.45) is -8.24. The van der Waals surface area contributed by atoms with E-state index in [0.29, 0.717) is 35.8 Å². The molecule has 8 nitrogen and oxygen atoms in total. The highest BCUT2D eigenvalue weighted by Gasteiger charge is 2.38. The van der Waals surface area contributed by atoms with E-state index in [4.69, 9.17) is 14.6 Å². The predicted molar refractivity (Wildman–Crippen MR) is 133 cm³/mol. The molecule has 0 atom stereocenters. The molecule has 2 N–H and O–H groups in total. The minimum Gasteiger partial charge on any atom is -0.492 e. The number of alkyl halides is 8. The first-order chi connectivity index (χ1) is 19.5. The van der Waals surface area contributed by atoms with Gasteiger partial charge < -0.3 is 15.2 Å². The second kappa shape index (κ2) is 12.8. The van der Waals surface area contributed by atoms with Gasteiger partial charge in [0.2, 0.25) is 0 Å². The van der Waals surface area contributed by atoms with Gasteiger partial charge in [0.15, 0.2) is 0 Å². The van der Waals surface area contributed by atoms with Crippen molar-refractivity contribution < 1.29 is 54.6 Å². The Balaban J connectivity index is 0.000000616. The molecule has 228 valence electrons. The summed E-state index contributed by atoms with van der Waals surface area (Å²) in [7, 11) is 1.72. The maximum absolute atomic E-state index is 13.4. The molecule has 0 bridgehead atoms. The van der Waals surface area contributed by atoms with Gasteiger partial charge in [-0.3, -0.25) is 14.4 Å².